The molecule has 3 rings (SSSR count). The van der Waals surface area contributed by atoms with Crippen molar-refractivity contribution >= 4 is 62.1 Å². The van der Waals surface area contributed by atoms with Crippen LogP contribution in [0.3, 0.4) is 0 Å². The van der Waals surface area contributed by atoms with Crippen LogP contribution in [0.5, 0.6) is 5.75 Å². The molecule has 0 radical (unpaired) electrons. The molecule has 0 spiro atoms. The average Bonchev–Trinajstić information content (AvgIpc) is 2.75. The fourth-order valence-corrected chi connectivity index (χ4v) is 4.59. The first kappa shape index (κ1) is 23.2. The van der Waals surface area contributed by atoms with Crippen LogP contribution in [-0.2, 0) is 10.0 Å². The lowest BCUT2D eigenvalue weighted by molar-refractivity contribution is 0.102. The minimum atomic E-state index is -3.96. The van der Waals surface area contributed by atoms with Gasteiger partial charge in [-0.25, -0.2) is 8.42 Å². The molecule has 162 valence electrons. The standard InChI is InChI=1S/C21H17Cl3N2O4S/c1-26(14-4-6-15(30-2)7-5-14)31(28,29)16-8-9-18(23)17(12-16)21(27)25-20-10-3-13(22)11-19(20)24/h3-12H,1-2H3,(H,25,27). The molecule has 10 heteroatoms. The van der Waals surface area contributed by atoms with E-state index in [9.17, 15) is 13.2 Å². The molecule has 3 aromatic rings. The molecule has 6 nitrogen and oxygen atoms in total. The Morgan fingerprint density at radius 1 is 0.935 bits per heavy atom. The molecule has 0 fully saturated rings. The van der Waals surface area contributed by atoms with Crippen LogP contribution in [0.4, 0.5) is 11.4 Å². The van der Waals surface area contributed by atoms with Crippen molar-refractivity contribution in [3.05, 3.63) is 81.3 Å². The second-order valence-corrected chi connectivity index (χ2v) is 9.61. The third-order valence-electron chi connectivity index (χ3n) is 4.46. The van der Waals surface area contributed by atoms with Gasteiger partial charge in [-0.1, -0.05) is 34.8 Å². The zero-order valence-electron chi connectivity index (χ0n) is 16.4. The molecule has 0 aliphatic rings. The van der Waals surface area contributed by atoms with Gasteiger partial charge in [0.25, 0.3) is 15.9 Å². The van der Waals surface area contributed by atoms with Gasteiger partial charge in [0.15, 0.2) is 0 Å². The SMILES string of the molecule is COc1ccc(N(C)S(=O)(=O)c2ccc(Cl)c(C(=O)Nc3ccc(Cl)cc3Cl)c2)cc1. The van der Waals surface area contributed by atoms with Gasteiger partial charge in [0.2, 0.25) is 0 Å². The van der Waals surface area contributed by atoms with Crippen LogP contribution < -0.4 is 14.4 Å². The summed E-state index contributed by atoms with van der Waals surface area (Å²) in [5, 5.41) is 3.35. The molecule has 0 heterocycles. The number of hydrogen-bond acceptors (Lipinski definition) is 4. The van der Waals surface area contributed by atoms with E-state index in [0.29, 0.717) is 22.1 Å². The van der Waals surface area contributed by atoms with Gasteiger partial charge in [0.05, 0.1) is 39.0 Å². The lowest BCUT2D eigenvalue weighted by atomic mass is 10.2. The lowest BCUT2D eigenvalue weighted by Gasteiger charge is -2.20. The van der Waals surface area contributed by atoms with E-state index in [1.54, 1.807) is 30.3 Å². The molecular formula is C21H17Cl3N2O4S. The summed E-state index contributed by atoms with van der Waals surface area (Å²) in [5.74, 6) is -0.0146. The monoisotopic (exact) mass is 498 g/mol. The van der Waals surface area contributed by atoms with E-state index in [0.717, 1.165) is 4.31 Å². The van der Waals surface area contributed by atoms with Gasteiger partial charge < -0.3 is 10.1 Å². The summed E-state index contributed by atoms with van der Waals surface area (Å²) in [5.41, 5.74) is 0.724. The Kier molecular flexibility index (Phi) is 7.01. The number of anilines is 2. The Labute approximate surface area is 195 Å². The van der Waals surface area contributed by atoms with Crippen molar-refractivity contribution in [2.24, 2.45) is 0 Å². The Hall–Kier alpha value is -2.45. The third kappa shape index (κ3) is 5.07. The lowest BCUT2D eigenvalue weighted by Crippen LogP contribution is -2.27. The van der Waals surface area contributed by atoms with Crippen molar-refractivity contribution in [2.45, 2.75) is 4.90 Å². The highest BCUT2D eigenvalue weighted by molar-refractivity contribution is 7.92. The van der Waals surface area contributed by atoms with E-state index < -0.39 is 15.9 Å². The normalized spacial score (nSPS) is 11.1. The third-order valence-corrected chi connectivity index (χ3v) is 7.12. The predicted octanol–water partition coefficient (Wildman–Crippen LogP) is 5.73. The van der Waals surface area contributed by atoms with E-state index in [2.05, 4.69) is 5.32 Å². The minimum Gasteiger partial charge on any atom is -0.497 e. The summed E-state index contributed by atoms with van der Waals surface area (Å²) < 4.78 is 32.4. The summed E-state index contributed by atoms with van der Waals surface area (Å²) in [6.45, 7) is 0. The number of rotatable bonds is 6. The summed E-state index contributed by atoms with van der Waals surface area (Å²) in [6.07, 6.45) is 0. The second kappa shape index (κ2) is 9.36. The average molecular weight is 500 g/mol. The van der Waals surface area contributed by atoms with Gasteiger partial charge in [-0.2, -0.15) is 0 Å². The quantitative estimate of drug-likeness (QED) is 0.470. The fraction of sp³-hybridized carbons (Fsp3) is 0.0952. The number of nitrogens with one attached hydrogen (secondary N) is 1. The topological polar surface area (TPSA) is 75.7 Å². The largest absolute Gasteiger partial charge is 0.497 e. The Balaban J connectivity index is 1.92. The maximum Gasteiger partial charge on any atom is 0.264 e. The number of halogens is 3. The molecule has 0 saturated carbocycles. The summed E-state index contributed by atoms with van der Waals surface area (Å²) >= 11 is 18.1. The van der Waals surface area contributed by atoms with E-state index in [1.807, 2.05) is 0 Å². The number of amides is 1. The maximum atomic E-state index is 13.1. The van der Waals surface area contributed by atoms with Crippen LogP contribution >= 0.6 is 34.8 Å². The molecule has 0 aliphatic carbocycles. The number of carbonyl (C=O) groups is 1. The molecule has 0 aliphatic heterocycles. The molecular weight excluding hydrogens is 483 g/mol. The smallest absolute Gasteiger partial charge is 0.264 e. The van der Waals surface area contributed by atoms with E-state index >= 15 is 0 Å². The highest BCUT2D eigenvalue weighted by atomic mass is 35.5. The second-order valence-electron chi connectivity index (χ2n) is 6.39. The number of ether oxygens (including phenoxy) is 1. The van der Waals surface area contributed by atoms with Gasteiger partial charge in [-0.3, -0.25) is 9.10 Å². The zero-order valence-corrected chi connectivity index (χ0v) is 19.5. The number of sulfonamides is 1. The molecule has 31 heavy (non-hydrogen) atoms. The number of methoxy groups -OCH3 is 1. The molecule has 0 bridgehead atoms. The first-order chi connectivity index (χ1) is 14.6. The van der Waals surface area contributed by atoms with E-state index in [4.69, 9.17) is 39.5 Å². The number of carbonyl (C=O) groups excluding carboxylic acids is 1. The Morgan fingerprint density at radius 2 is 1.61 bits per heavy atom. The highest BCUT2D eigenvalue weighted by Gasteiger charge is 2.24. The van der Waals surface area contributed by atoms with E-state index in [1.165, 1.54) is 44.5 Å². The van der Waals surface area contributed by atoms with E-state index in [-0.39, 0.29) is 20.5 Å². The number of benzene rings is 3. The van der Waals surface area contributed by atoms with Crippen molar-refractivity contribution in [1.82, 2.24) is 0 Å². The molecule has 1 N–H and O–H groups in total. The number of nitrogens with zero attached hydrogens (tertiary/aromatic N) is 1. The summed E-state index contributed by atoms with van der Waals surface area (Å²) in [4.78, 5) is 12.7. The maximum absolute atomic E-state index is 13.1. The molecule has 3 aromatic carbocycles. The molecule has 0 aromatic heterocycles. The molecule has 0 atom stereocenters. The number of hydrogen-bond donors (Lipinski definition) is 1. The Bertz CT molecular complexity index is 1230. The molecule has 0 unspecified atom stereocenters. The van der Waals surface area contributed by atoms with Crippen LogP contribution in [-0.4, -0.2) is 28.5 Å². The van der Waals surface area contributed by atoms with Gasteiger partial charge in [0.1, 0.15) is 5.75 Å². The van der Waals surface area contributed by atoms with Crippen molar-refractivity contribution in [1.29, 1.82) is 0 Å². The van der Waals surface area contributed by atoms with Crippen LogP contribution in [0.15, 0.2) is 65.6 Å². The van der Waals surface area contributed by atoms with Crippen molar-refractivity contribution < 1.29 is 17.9 Å². The van der Waals surface area contributed by atoms with Crippen LogP contribution in [0.1, 0.15) is 10.4 Å². The van der Waals surface area contributed by atoms with Gasteiger partial charge in [-0.05, 0) is 60.7 Å². The molecule has 0 saturated heterocycles. The van der Waals surface area contributed by atoms with Crippen molar-refractivity contribution in [3.8, 4) is 5.75 Å². The van der Waals surface area contributed by atoms with Gasteiger partial charge >= 0.3 is 0 Å². The minimum absolute atomic E-state index is 0.0168. The first-order valence-corrected chi connectivity index (χ1v) is 11.4. The first-order valence-electron chi connectivity index (χ1n) is 8.82. The Morgan fingerprint density at radius 3 is 2.23 bits per heavy atom. The van der Waals surface area contributed by atoms with Crippen LogP contribution in [0, 0.1) is 0 Å². The zero-order chi connectivity index (χ0) is 22.8. The predicted molar refractivity (Wildman–Crippen MR) is 124 cm³/mol. The summed E-state index contributed by atoms with van der Waals surface area (Å²) in [7, 11) is -1.02. The van der Waals surface area contributed by atoms with Crippen molar-refractivity contribution in [3.63, 3.8) is 0 Å². The van der Waals surface area contributed by atoms with Crippen LogP contribution in [0.2, 0.25) is 15.1 Å². The highest BCUT2D eigenvalue weighted by Crippen LogP contribution is 2.29. The fourth-order valence-electron chi connectivity index (χ4n) is 2.71. The van der Waals surface area contributed by atoms with Gasteiger partial charge in [-0.15, -0.1) is 0 Å². The summed E-state index contributed by atoms with van der Waals surface area (Å²) in [6, 6.07) is 15.0. The van der Waals surface area contributed by atoms with Crippen LogP contribution in [0.25, 0.3) is 0 Å². The molecule has 1 amide bonds. The van der Waals surface area contributed by atoms with Gasteiger partial charge in [0, 0.05) is 12.1 Å². The van der Waals surface area contributed by atoms with Crippen molar-refractivity contribution in [2.75, 3.05) is 23.8 Å².